The lowest BCUT2D eigenvalue weighted by Gasteiger charge is -2.21. The lowest BCUT2D eigenvalue weighted by molar-refractivity contribution is -0.125. The van der Waals surface area contributed by atoms with E-state index in [9.17, 15) is 9.59 Å². The first-order valence-electron chi connectivity index (χ1n) is 4.37. The average molecular weight is 214 g/mol. The molecule has 1 fully saturated rings. The van der Waals surface area contributed by atoms with E-state index in [0.717, 1.165) is 6.42 Å². The number of carbonyl (C=O) groups excluding carboxylic acids is 1. The minimum Gasteiger partial charge on any atom is -0.354 e. The zero-order chi connectivity index (χ0) is 10.1. The van der Waals surface area contributed by atoms with Gasteiger partial charge in [0.05, 0.1) is 0 Å². The Labute approximate surface area is 84.3 Å². The molecule has 0 radical (unpaired) electrons. The second kappa shape index (κ2) is 3.41. The van der Waals surface area contributed by atoms with Gasteiger partial charge in [-0.05, 0) is 25.1 Å². The van der Waals surface area contributed by atoms with Gasteiger partial charge in [-0.2, -0.15) is 0 Å². The molecule has 1 atom stereocenters. The number of amides is 1. The highest BCUT2D eigenvalue weighted by Gasteiger charge is 2.25. The molecule has 0 aromatic carbocycles. The second-order valence-electron chi connectivity index (χ2n) is 3.18. The SMILES string of the molecule is O=C1NCCCC1n1c(=O)[nH][nH]c1=S. The van der Waals surface area contributed by atoms with Gasteiger partial charge in [0.25, 0.3) is 0 Å². The Kier molecular flexibility index (Phi) is 2.24. The molecule has 1 aliphatic rings. The normalized spacial score (nSPS) is 22.0. The maximum atomic E-state index is 11.5. The predicted octanol–water partition coefficient (Wildman–Crippen LogP) is -0.315. The van der Waals surface area contributed by atoms with Crippen LogP contribution in [0.15, 0.2) is 4.79 Å². The number of nitrogens with zero attached hydrogens (tertiary/aromatic N) is 1. The molecule has 1 amide bonds. The van der Waals surface area contributed by atoms with Crippen molar-refractivity contribution in [1.29, 1.82) is 0 Å². The summed E-state index contributed by atoms with van der Waals surface area (Å²) >= 11 is 4.90. The van der Waals surface area contributed by atoms with E-state index >= 15 is 0 Å². The summed E-state index contributed by atoms with van der Waals surface area (Å²) < 4.78 is 1.54. The summed E-state index contributed by atoms with van der Waals surface area (Å²) in [5, 5.41) is 7.57. The number of hydrogen-bond acceptors (Lipinski definition) is 3. The average Bonchev–Trinajstić information content (AvgIpc) is 2.48. The molecule has 1 aromatic heterocycles. The molecule has 14 heavy (non-hydrogen) atoms. The lowest BCUT2D eigenvalue weighted by atomic mass is 10.1. The van der Waals surface area contributed by atoms with E-state index < -0.39 is 6.04 Å². The monoisotopic (exact) mass is 214 g/mol. The Morgan fingerprint density at radius 1 is 1.36 bits per heavy atom. The van der Waals surface area contributed by atoms with Gasteiger partial charge in [0.15, 0.2) is 4.77 Å². The van der Waals surface area contributed by atoms with Crippen molar-refractivity contribution in [3.8, 4) is 0 Å². The van der Waals surface area contributed by atoms with Crippen molar-refractivity contribution in [2.45, 2.75) is 18.9 Å². The molecular weight excluding hydrogens is 204 g/mol. The molecule has 1 aliphatic heterocycles. The van der Waals surface area contributed by atoms with Crippen LogP contribution < -0.4 is 11.0 Å². The molecule has 0 saturated carbocycles. The van der Waals surface area contributed by atoms with Gasteiger partial charge in [0, 0.05) is 6.54 Å². The minimum atomic E-state index is -0.466. The van der Waals surface area contributed by atoms with Crippen LogP contribution in [0.2, 0.25) is 0 Å². The highest BCUT2D eigenvalue weighted by atomic mass is 32.1. The summed E-state index contributed by atoms with van der Waals surface area (Å²) in [6.45, 7) is 0.672. The summed E-state index contributed by atoms with van der Waals surface area (Å²) in [5.41, 5.74) is -0.364. The van der Waals surface area contributed by atoms with Crippen molar-refractivity contribution in [3.05, 3.63) is 15.3 Å². The van der Waals surface area contributed by atoms with Crippen molar-refractivity contribution in [1.82, 2.24) is 20.1 Å². The molecule has 1 unspecified atom stereocenters. The zero-order valence-corrected chi connectivity index (χ0v) is 8.19. The van der Waals surface area contributed by atoms with Crippen LogP contribution in [0.25, 0.3) is 0 Å². The summed E-state index contributed by atoms with van der Waals surface area (Å²) in [7, 11) is 0. The first-order valence-corrected chi connectivity index (χ1v) is 4.78. The van der Waals surface area contributed by atoms with Crippen LogP contribution in [0.5, 0.6) is 0 Å². The van der Waals surface area contributed by atoms with E-state index in [4.69, 9.17) is 12.2 Å². The van der Waals surface area contributed by atoms with E-state index in [1.807, 2.05) is 0 Å². The summed E-state index contributed by atoms with van der Waals surface area (Å²) in [6, 6.07) is -0.466. The molecule has 6 nitrogen and oxygen atoms in total. The van der Waals surface area contributed by atoms with Gasteiger partial charge in [-0.3, -0.25) is 14.5 Å². The van der Waals surface area contributed by atoms with Gasteiger partial charge in [0.2, 0.25) is 5.91 Å². The third-order valence-corrected chi connectivity index (χ3v) is 2.58. The number of hydrogen-bond donors (Lipinski definition) is 3. The van der Waals surface area contributed by atoms with Crippen molar-refractivity contribution < 1.29 is 4.79 Å². The molecule has 7 heteroatoms. The van der Waals surface area contributed by atoms with E-state index in [1.54, 1.807) is 0 Å². The fourth-order valence-corrected chi connectivity index (χ4v) is 1.87. The molecule has 0 bridgehead atoms. The quantitative estimate of drug-likeness (QED) is 0.560. The van der Waals surface area contributed by atoms with Gasteiger partial charge >= 0.3 is 5.69 Å². The first-order chi connectivity index (χ1) is 6.70. The Morgan fingerprint density at radius 3 is 2.71 bits per heavy atom. The Morgan fingerprint density at radius 2 is 2.14 bits per heavy atom. The maximum Gasteiger partial charge on any atom is 0.343 e. The lowest BCUT2D eigenvalue weighted by Crippen LogP contribution is -2.40. The van der Waals surface area contributed by atoms with E-state index in [1.165, 1.54) is 4.57 Å². The fraction of sp³-hybridized carbons (Fsp3) is 0.571. The Hall–Kier alpha value is -1.37. The molecular formula is C7H10N4O2S. The predicted molar refractivity (Wildman–Crippen MR) is 51.5 cm³/mol. The van der Waals surface area contributed by atoms with Crippen LogP contribution in [0.1, 0.15) is 18.9 Å². The van der Waals surface area contributed by atoms with Gasteiger partial charge in [-0.15, -0.1) is 0 Å². The maximum absolute atomic E-state index is 11.5. The highest BCUT2D eigenvalue weighted by Crippen LogP contribution is 2.15. The topological polar surface area (TPSA) is 82.7 Å². The van der Waals surface area contributed by atoms with Crippen molar-refractivity contribution in [2.24, 2.45) is 0 Å². The number of nitrogens with one attached hydrogen (secondary N) is 3. The molecule has 3 N–H and O–H groups in total. The molecule has 0 spiro atoms. The molecule has 1 aromatic rings. The molecule has 2 rings (SSSR count). The van der Waals surface area contributed by atoms with Gasteiger partial charge in [-0.25, -0.2) is 9.89 Å². The van der Waals surface area contributed by atoms with Crippen LogP contribution >= 0.6 is 12.2 Å². The summed E-state index contributed by atoms with van der Waals surface area (Å²) in [6.07, 6.45) is 1.52. The number of aromatic nitrogens is 3. The third kappa shape index (κ3) is 1.39. The molecule has 76 valence electrons. The largest absolute Gasteiger partial charge is 0.354 e. The van der Waals surface area contributed by atoms with E-state index in [-0.39, 0.29) is 16.4 Å². The van der Waals surface area contributed by atoms with Gasteiger partial charge < -0.3 is 5.32 Å². The first kappa shape index (κ1) is 9.20. The molecule has 2 heterocycles. The van der Waals surface area contributed by atoms with Crippen molar-refractivity contribution >= 4 is 18.1 Å². The van der Waals surface area contributed by atoms with Crippen LogP contribution in [-0.2, 0) is 4.79 Å². The number of rotatable bonds is 1. The van der Waals surface area contributed by atoms with Gasteiger partial charge in [-0.1, -0.05) is 0 Å². The molecule has 1 saturated heterocycles. The number of aromatic amines is 2. The van der Waals surface area contributed by atoms with Crippen LogP contribution in [0.3, 0.4) is 0 Å². The number of piperidine rings is 1. The fourth-order valence-electron chi connectivity index (χ4n) is 1.60. The summed E-state index contributed by atoms with van der Waals surface area (Å²) in [4.78, 5) is 22.8. The van der Waals surface area contributed by atoms with E-state index in [0.29, 0.717) is 13.0 Å². The minimum absolute atomic E-state index is 0.141. The van der Waals surface area contributed by atoms with Crippen molar-refractivity contribution in [2.75, 3.05) is 6.54 Å². The molecule has 0 aliphatic carbocycles. The second-order valence-corrected chi connectivity index (χ2v) is 3.57. The number of carbonyl (C=O) groups is 1. The van der Waals surface area contributed by atoms with Crippen LogP contribution in [0.4, 0.5) is 0 Å². The summed E-state index contributed by atoms with van der Waals surface area (Å²) in [5.74, 6) is -0.141. The highest BCUT2D eigenvalue weighted by molar-refractivity contribution is 7.71. The van der Waals surface area contributed by atoms with E-state index in [2.05, 4.69) is 15.5 Å². The number of H-pyrrole nitrogens is 2. The third-order valence-electron chi connectivity index (χ3n) is 2.28. The Balaban J connectivity index is 2.43. The zero-order valence-electron chi connectivity index (χ0n) is 7.37. The van der Waals surface area contributed by atoms with Crippen LogP contribution in [0, 0.1) is 4.77 Å². The van der Waals surface area contributed by atoms with Crippen LogP contribution in [-0.4, -0.2) is 27.2 Å². The Bertz CT molecular complexity index is 429. The standard InChI is InChI=1S/C7H10N4O2S/c12-5-4(2-1-3-8-5)11-6(13)9-10-7(11)14/h4H,1-3H2,(H,8,12)(H,9,13)(H,10,14). The van der Waals surface area contributed by atoms with Gasteiger partial charge in [0.1, 0.15) is 6.04 Å². The van der Waals surface area contributed by atoms with Crippen molar-refractivity contribution in [3.63, 3.8) is 0 Å². The smallest absolute Gasteiger partial charge is 0.343 e.